The van der Waals surface area contributed by atoms with Crippen LogP contribution in [-0.2, 0) is 9.47 Å². The zero-order valence-electron chi connectivity index (χ0n) is 21.0. The Hall–Kier alpha value is -3.95. The van der Waals surface area contributed by atoms with Crippen LogP contribution in [0.15, 0.2) is 42.5 Å². The predicted molar refractivity (Wildman–Crippen MR) is 130 cm³/mol. The van der Waals surface area contributed by atoms with Crippen molar-refractivity contribution in [2.24, 2.45) is 0 Å². The van der Waals surface area contributed by atoms with Gasteiger partial charge in [-0.25, -0.2) is 15.0 Å². The summed E-state index contributed by atoms with van der Waals surface area (Å²) >= 11 is 0. The molecule has 0 radical (unpaired) electrons. The number of rotatable bonds is 3. The van der Waals surface area contributed by atoms with E-state index in [9.17, 15) is 14.4 Å². The molecule has 0 fully saturated rings. The van der Waals surface area contributed by atoms with E-state index in [0.29, 0.717) is 17.2 Å². The number of anilines is 2. The SMILES string of the molecule is CN(C(=O)c1cccc(N(NC(=O)OC(C)(C)C)C(=O)OC(C)(C)C)c1)c1ccc2c(c1)OCO2. The highest BCUT2D eigenvalue weighted by molar-refractivity contribution is 6.07. The summed E-state index contributed by atoms with van der Waals surface area (Å²) in [7, 11) is 1.62. The van der Waals surface area contributed by atoms with E-state index in [-0.39, 0.29) is 24.0 Å². The van der Waals surface area contributed by atoms with Gasteiger partial charge >= 0.3 is 12.2 Å². The van der Waals surface area contributed by atoms with Gasteiger partial charge in [0.05, 0.1) is 5.69 Å². The Morgan fingerprint density at radius 2 is 1.51 bits per heavy atom. The number of hydrogen-bond donors (Lipinski definition) is 1. The Morgan fingerprint density at radius 1 is 0.857 bits per heavy atom. The molecule has 0 aliphatic carbocycles. The molecule has 0 saturated heterocycles. The van der Waals surface area contributed by atoms with E-state index in [2.05, 4.69) is 5.43 Å². The van der Waals surface area contributed by atoms with Gasteiger partial charge in [-0.05, 0) is 71.9 Å². The minimum Gasteiger partial charge on any atom is -0.454 e. The van der Waals surface area contributed by atoms with Crippen molar-refractivity contribution in [3.05, 3.63) is 48.0 Å². The molecule has 10 heteroatoms. The van der Waals surface area contributed by atoms with E-state index in [1.165, 1.54) is 11.0 Å². The maximum atomic E-state index is 13.2. The maximum absolute atomic E-state index is 13.2. The summed E-state index contributed by atoms with van der Waals surface area (Å²) < 4.78 is 21.4. The number of nitrogens with zero attached hydrogens (tertiary/aromatic N) is 2. The predicted octanol–water partition coefficient (Wildman–Crippen LogP) is 4.87. The van der Waals surface area contributed by atoms with Gasteiger partial charge in [0.2, 0.25) is 6.79 Å². The quantitative estimate of drug-likeness (QED) is 0.618. The van der Waals surface area contributed by atoms with Gasteiger partial charge in [0.1, 0.15) is 11.2 Å². The van der Waals surface area contributed by atoms with Gasteiger partial charge in [-0.2, -0.15) is 5.01 Å². The molecule has 1 N–H and O–H groups in total. The fourth-order valence-corrected chi connectivity index (χ4v) is 3.10. The number of fused-ring (bicyclic) bond motifs is 1. The minimum atomic E-state index is -0.849. The molecule has 3 amide bonds. The molecule has 35 heavy (non-hydrogen) atoms. The van der Waals surface area contributed by atoms with Crippen LogP contribution in [0.2, 0.25) is 0 Å². The van der Waals surface area contributed by atoms with Gasteiger partial charge in [-0.1, -0.05) is 6.07 Å². The molecule has 2 aromatic rings. The second-order valence-corrected chi connectivity index (χ2v) is 9.88. The Bertz CT molecular complexity index is 1120. The average Bonchev–Trinajstić information content (AvgIpc) is 3.22. The lowest BCUT2D eigenvalue weighted by Crippen LogP contribution is -2.50. The van der Waals surface area contributed by atoms with Crippen molar-refractivity contribution < 1.29 is 33.3 Å². The molecular weight excluding hydrogens is 454 g/mol. The zero-order valence-corrected chi connectivity index (χ0v) is 21.0. The molecule has 0 saturated carbocycles. The third kappa shape index (κ3) is 6.78. The molecule has 10 nitrogen and oxygen atoms in total. The van der Waals surface area contributed by atoms with E-state index in [1.54, 1.807) is 85.0 Å². The standard InChI is InChI=1S/C25H31N3O7/c1-24(2,3)34-22(30)26-28(23(31)35-25(4,5)6)18-10-8-9-16(13-18)21(29)27(7)17-11-12-19-20(14-17)33-15-32-19/h8-14H,15H2,1-7H3,(H,26,30). The number of hydrazine groups is 1. The molecule has 1 aliphatic rings. The molecule has 2 aromatic carbocycles. The smallest absolute Gasteiger partial charge is 0.434 e. The van der Waals surface area contributed by atoms with E-state index < -0.39 is 23.4 Å². The molecule has 0 atom stereocenters. The number of ether oxygens (including phenoxy) is 4. The highest BCUT2D eigenvalue weighted by Crippen LogP contribution is 2.35. The van der Waals surface area contributed by atoms with E-state index in [1.807, 2.05) is 0 Å². The summed E-state index contributed by atoms with van der Waals surface area (Å²) in [5, 5.41) is 0.913. The number of hydrogen-bond acceptors (Lipinski definition) is 7. The zero-order chi connectivity index (χ0) is 26.0. The van der Waals surface area contributed by atoms with Crippen molar-refractivity contribution in [3.8, 4) is 11.5 Å². The largest absolute Gasteiger partial charge is 0.454 e. The number of nitrogens with one attached hydrogen (secondary N) is 1. The first-order valence-corrected chi connectivity index (χ1v) is 11.0. The number of amides is 3. The van der Waals surface area contributed by atoms with Crippen LogP contribution < -0.4 is 24.8 Å². The minimum absolute atomic E-state index is 0.129. The normalized spacial score (nSPS) is 12.5. The fourth-order valence-electron chi connectivity index (χ4n) is 3.10. The average molecular weight is 486 g/mol. The summed E-state index contributed by atoms with van der Waals surface area (Å²) in [6.45, 7) is 10.4. The Balaban J connectivity index is 1.87. The van der Waals surface area contributed by atoms with Gasteiger partial charge in [-0.3, -0.25) is 4.79 Å². The van der Waals surface area contributed by atoms with E-state index >= 15 is 0 Å². The molecule has 0 aromatic heterocycles. The first-order chi connectivity index (χ1) is 16.2. The van der Waals surface area contributed by atoms with Crippen LogP contribution in [0.5, 0.6) is 11.5 Å². The van der Waals surface area contributed by atoms with Crippen LogP contribution >= 0.6 is 0 Å². The van der Waals surface area contributed by atoms with Crippen molar-refractivity contribution >= 4 is 29.5 Å². The Morgan fingerprint density at radius 3 is 2.17 bits per heavy atom. The topological polar surface area (TPSA) is 107 Å². The van der Waals surface area contributed by atoms with Crippen LogP contribution in [0, 0.1) is 0 Å². The number of benzene rings is 2. The summed E-state index contributed by atoms with van der Waals surface area (Å²) in [6.07, 6.45) is -1.69. The van der Waals surface area contributed by atoms with Crippen LogP contribution in [0.4, 0.5) is 21.0 Å². The fraction of sp³-hybridized carbons (Fsp3) is 0.400. The lowest BCUT2D eigenvalue weighted by atomic mass is 10.1. The van der Waals surface area contributed by atoms with Gasteiger partial charge < -0.3 is 23.8 Å². The monoisotopic (exact) mass is 485 g/mol. The van der Waals surface area contributed by atoms with Crippen LogP contribution in [0.3, 0.4) is 0 Å². The van der Waals surface area contributed by atoms with Gasteiger partial charge in [0, 0.05) is 24.4 Å². The highest BCUT2D eigenvalue weighted by atomic mass is 16.7. The first kappa shape index (κ1) is 25.7. The molecule has 1 heterocycles. The summed E-state index contributed by atoms with van der Waals surface area (Å²) in [4.78, 5) is 40.0. The second kappa shape index (κ2) is 9.73. The summed E-state index contributed by atoms with van der Waals surface area (Å²) in [5.74, 6) is 0.818. The van der Waals surface area contributed by atoms with Crippen molar-refractivity contribution in [2.45, 2.75) is 52.7 Å². The first-order valence-electron chi connectivity index (χ1n) is 11.0. The van der Waals surface area contributed by atoms with Crippen molar-refractivity contribution in [1.82, 2.24) is 5.43 Å². The van der Waals surface area contributed by atoms with Gasteiger partial charge in [0.15, 0.2) is 11.5 Å². The van der Waals surface area contributed by atoms with Gasteiger partial charge in [0.25, 0.3) is 5.91 Å². The van der Waals surface area contributed by atoms with Gasteiger partial charge in [-0.15, -0.1) is 0 Å². The molecule has 0 spiro atoms. The molecule has 3 rings (SSSR count). The van der Waals surface area contributed by atoms with Crippen LogP contribution in [0.25, 0.3) is 0 Å². The Labute approximate surface area is 204 Å². The highest BCUT2D eigenvalue weighted by Gasteiger charge is 2.28. The van der Waals surface area contributed by atoms with Crippen LogP contribution in [0.1, 0.15) is 51.9 Å². The molecular formula is C25H31N3O7. The van der Waals surface area contributed by atoms with Crippen molar-refractivity contribution in [2.75, 3.05) is 23.7 Å². The van der Waals surface area contributed by atoms with Crippen molar-refractivity contribution in [3.63, 3.8) is 0 Å². The molecule has 0 unspecified atom stereocenters. The summed E-state index contributed by atoms with van der Waals surface area (Å²) in [5.41, 5.74) is 1.90. The third-order valence-electron chi connectivity index (χ3n) is 4.58. The number of carbonyl (C=O) groups excluding carboxylic acids is 3. The lowest BCUT2D eigenvalue weighted by Gasteiger charge is -2.29. The Kier molecular flexibility index (Phi) is 7.14. The van der Waals surface area contributed by atoms with E-state index in [0.717, 1.165) is 5.01 Å². The second-order valence-electron chi connectivity index (χ2n) is 9.88. The van der Waals surface area contributed by atoms with Crippen LogP contribution in [-0.4, -0.2) is 43.1 Å². The van der Waals surface area contributed by atoms with Crippen molar-refractivity contribution in [1.29, 1.82) is 0 Å². The maximum Gasteiger partial charge on any atom is 0.434 e. The van der Waals surface area contributed by atoms with E-state index in [4.69, 9.17) is 18.9 Å². The number of carbonyl (C=O) groups is 3. The lowest BCUT2D eigenvalue weighted by molar-refractivity contribution is 0.0425. The molecule has 188 valence electrons. The third-order valence-corrected chi connectivity index (χ3v) is 4.58. The molecule has 0 bridgehead atoms. The summed E-state index contributed by atoms with van der Waals surface area (Å²) in [6, 6.07) is 11.4. The molecule has 1 aliphatic heterocycles.